The fourth-order valence-corrected chi connectivity index (χ4v) is 5.80. The fourth-order valence-electron chi connectivity index (χ4n) is 4.31. The number of thioether (sulfide) groups is 1. The minimum atomic E-state index is -0.841. The predicted molar refractivity (Wildman–Crippen MR) is 136 cm³/mol. The average molecular weight is 510 g/mol. The van der Waals surface area contributed by atoms with Crippen molar-refractivity contribution >= 4 is 40.2 Å². The molecule has 0 bridgehead atoms. The van der Waals surface area contributed by atoms with Gasteiger partial charge in [0, 0.05) is 16.7 Å². The summed E-state index contributed by atoms with van der Waals surface area (Å²) in [6.45, 7) is 0.403. The van der Waals surface area contributed by atoms with Crippen LogP contribution >= 0.6 is 23.4 Å². The van der Waals surface area contributed by atoms with Gasteiger partial charge in [-0.05, 0) is 41.5 Å². The Kier molecular flexibility index (Phi) is 6.54. The van der Waals surface area contributed by atoms with E-state index in [0.29, 0.717) is 40.5 Å². The third-order valence-corrected chi connectivity index (χ3v) is 7.50. The average Bonchev–Trinajstić information content (AvgIpc) is 3.01. The predicted octanol–water partition coefficient (Wildman–Crippen LogP) is 6.89. The first-order chi connectivity index (χ1) is 17.0. The van der Waals surface area contributed by atoms with E-state index in [2.05, 4.69) is 0 Å². The van der Waals surface area contributed by atoms with Crippen LogP contribution in [0.1, 0.15) is 28.4 Å². The number of methoxy groups -OCH3 is 1. The van der Waals surface area contributed by atoms with E-state index in [1.807, 2.05) is 42.5 Å². The standard InChI is InChI=1S/C27H21ClFNO4S/c1-33-26-18(21-8-6-15-12-20(29)19(28)13-22(15)30-21)7-9-23-25(26)27(35-11-10-24(31)32)17-5-3-2-4-16(17)14-34-23/h2-9,12-13,27H,10-11,14H2,1H3,(H,31,32). The highest BCUT2D eigenvalue weighted by Gasteiger charge is 2.30. The number of hydrogen-bond acceptors (Lipinski definition) is 5. The van der Waals surface area contributed by atoms with Crippen molar-refractivity contribution in [2.24, 2.45) is 0 Å². The number of halogens is 2. The van der Waals surface area contributed by atoms with Crippen molar-refractivity contribution in [3.8, 4) is 22.8 Å². The van der Waals surface area contributed by atoms with Gasteiger partial charge in [0.2, 0.25) is 0 Å². The maximum absolute atomic E-state index is 13.9. The SMILES string of the molecule is COc1c(-c2ccc3cc(F)c(Cl)cc3n2)ccc2c1C(SCCC(=O)O)c1ccccc1CO2. The molecule has 1 unspecified atom stereocenters. The Balaban J connectivity index is 1.67. The summed E-state index contributed by atoms with van der Waals surface area (Å²) in [5.41, 5.74) is 4.91. The zero-order valence-corrected chi connectivity index (χ0v) is 20.3. The van der Waals surface area contributed by atoms with Gasteiger partial charge in [-0.15, -0.1) is 11.8 Å². The molecule has 0 saturated heterocycles. The molecule has 2 heterocycles. The Bertz CT molecular complexity index is 1440. The van der Waals surface area contributed by atoms with Crippen LogP contribution in [0.15, 0.2) is 60.7 Å². The quantitative estimate of drug-likeness (QED) is 0.305. The van der Waals surface area contributed by atoms with Crippen LogP contribution in [0.5, 0.6) is 11.5 Å². The molecule has 0 fully saturated rings. The maximum atomic E-state index is 13.9. The number of pyridine rings is 1. The molecule has 5 rings (SSSR count). The Morgan fingerprint density at radius 1 is 1.23 bits per heavy atom. The molecular formula is C27H21ClFNO4S. The molecule has 0 spiro atoms. The molecule has 0 amide bonds. The van der Waals surface area contributed by atoms with Crippen LogP contribution in [0.25, 0.3) is 22.2 Å². The van der Waals surface area contributed by atoms with E-state index in [-0.39, 0.29) is 16.7 Å². The summed E-state index contributed by atoms with van der Waals surface area (Å²) in [5, 5.41) is 9.66. The van der Waals surface area contributed by atoms with Gasteiger partial charge in [-0.2, -0.15) is 0 Å². The molecule has 35 heavy (non-hydrogen) atoms. The van der Waals surface area contributed by atoms with Crippen LogP contribution in [0.3, 0.4) is 0 Å². The highest BCUT2D eigenvalue weighted by Crippen LogP contribution is 2.51. The van der Waals surface area contributed by atoms with Crippen LogP contribution < -0.4 is 9.47 Å². The second-order valence-corrected chi connectivity index (χ2v) is 9.72. The summed E-state index contributed by atoms with van der Waals surface area (Å²) >= 11 is 7.54. The number of benzene rings is 3. The molecule has 1 atom stereocenters. The van der Waals surface area contributed by atoms with E-state index in [1.165, 1.54) is 12.1 Å². The topological polar surface area (TPSA) is 68.7 Å². The third-order valence-electron chi connectivity index (χ3n) is 5.95. The van der Waals surface area contributed by atoms with E-state index in [4.69, 9.17) is 26.1 Å². The molecular weight excluding hydrogens is 489 g/mol. The molecule has 1 aromatic heterocycles. The zero-order chi connectivity index (χ0) is 24.5. The molecule has 3 aromatic carbocycles. The van der Waals surface area contributed by atoms with Crippen LogP contribution in [0.2, 0.25) is 5.02 Å². The van der Waals surface area contributed by atoms with Gasteiger partial charge >= 0.3 is 5.97 Å². The number of aliphatic carboxylic acids is 1. The van der Waals surface area contributed by atoms with Crippen molar-refractivity contribution in [3.63, 3.8) is 0 Å². The number of aromatic nitrogens is 1. The molecule has 8 heteroatoms. The summed E-state index contributed by atoms with van der Waals surface area (Å²) in [5.74, 6) is 0.382. The molecule has 5 nitrogen and oxygen atoms in total. The Morgan fingerprint density at radius 3 is 2.86 bits per heavy atom. The number of hydrogen-bond donors (Lipinski definition) is 1. The highest BCUT2D eigenvalue weighted by molar-refractivity contribution is 7.99. The first kappa shape index (κ1) is 23.5. The van der Waals surface area contributed by atoms with Crippen LogP contribution in [0, 0.1) is 5.82 Å². The van der Waals surface area contributed by atoms with Crippen molar-refractivity contribution in [1.82, 2.24) is 4.98 Å². The van der Waals surface area contributed by atoms with Gasteiger partial charge in [-0.3, -0.25) is 4.79 Å². The van der Waals surface area contributed by atoms with E-state index >= 15 is 0 Å². The zero-order valence-electron chi connectivity index (χ0n) is 18.8. The van der Waals surface area contributed by atoms with Crippen molar-refractivity contribution in [1.29, 1.82) is 0 Å². The van der Waals surface area contributed by atoms with Gasteiger partial charge in [-0.1, -0.05) is 41.9 Å². The second-order valence-electron chi connectivity index (χ2n) is 8.10. The summed E-state index contributed by atoms with van der Waals surface area (Å²) in [6, 6.07) is 18.3. The number of carbonyl (C=O) groups is 1. The number of rotatable bonds is 6. The third kappa shape index (κ3) is 4.54. The van der Waals surface area contributed by atoms with E-state index < -0.39 is 11.8 Å². The van der Waals surface area contributed by atoms with Gasteiger partial charge in [-0.25, -0.2) is 9.37 Å². The van der Waals surface area contributed by atoms with Crippen molar-refractivity contribution < 1.29 is 23.8 Å². The molecule has 0 radical (unpaired) electrons. The second kappa shape index (κ2) is 9.76. The first-order valence-corrected chi connectivity index (χ1v) is 12.4. The maximum Gasteiger partial charge on any atom is 0.304 e. The number of nitrogens with zero attached hydrogens (tertiary/aromatic N) is 1. The fraction of sp³-hybridized carbons (Fsp3) is 0.185. The number of ether oxygens (including phenoxy) is 2. The monoisotopic (exact) mass is 509 g/mol. The lowest BCUT2D eigenvalue weighted by atomic mass is 9.96. The van der Waals surface area contributed by atoms with Crippen LogP contribution in [-0.2, 0) is 11.4 Å². The first-order valence-electron chi connectivity index (χ1n) is 11.0. The minimum Gasteiger partial charge on any atom is -0.496 e. The minimum absolute atomic E-state index is 0.0101. The lowest BCUT2D eigenvalue weighted by Gasteiger charge is -2.23. The van der Waals surface area contributed by atoms with Crippen LogP contribution in [0.4, 0.5) is 4.39 Å². The molecule has 178 valence electrons. The molecule has 1 aliphatic rings. The lowest BCUT2D eigenvalue weighted by Crippen LogP contribution is -2.05. The van der Waals surface area contributed by atoms with E-state index in [0.717, 1.165) is 22.3 Å². The summed E-state index contributed by atoms with van der Waals surface area (Å²) < 4.78 is 26.0. The number of carboxylic acid groups (broad SMARTS) is 1. The van der Waals surface area contributed by atoms with Crippen molar-refractivity contribution in [2.45, 2.75) is 18.3 Å². The largest absolute Gasteiger partial charge is 0.496 e. The Morgan fingerprint density at radius 2 is 2.06 bits per heavy atom. The molecule has 0 aliphatic carbocycles. The summed E-state index contributed by atoms with van der Waals surface area (Å²) in [4.78, 5) is 15.9. The Hall–Kier alpha value is -3.29. The summed E-state index contributed by atoms with van der Waals surface area (Å²) in [7, 11) is 1.60. The number of carboxylic acids is 1. The van der Waals surface area contributed by atoms with Crippen molar-refractivity contribution in [2.75, 3.05) is 12.9 Å². The number of fused-ring (bicyclic) bond motifs is 3. The van der Waals surface area contributed by atoms with E-state index in [1.54, 1.807) is 24.9 Å². The highest BCUT2D eigenvalue weighted by atomic mass is 35.5. The molecule has 1 N–H and O–H groups in total. The Labute approximate surface area is 210 Å². The van der Waals surface area contributed by atoms with Crippen LogP contribution in [-0.4, -0.2) is 28.9 Å². The van der Waals surface area contributed by atoms with E-state index in [9.17, 15) is 14.3 Å². The van der Waals surface area contributed by atoms with Gasteiger partial charge in [0.1, 0.15) is 23.9 Å². The van der Waals surface area contributed by atoms with Gasteiger partial charge in [0.15, 0.2) is 0 Å². The molecule has 4 aromatic rings. The normalized spacial score (nSPS) is 14.5. The smallest absolute Gasteiger partial charge is 0.304 e. The van der Waals surface area contributed by atoms with Gasteiger partial charge in [0.25, 0.3) is 0 Å². The molecule has 0 saturated carbocycles. The lowest BCUT2D eigenvalue weighted by molar-refractivity contribution is -0.136. The molecule has 1 aliphatic heterocycles. The van der Waals surface area contributed by atoms with Crippen molar-refractivity contribution in [3.05, 3.63) is 88.2 Å². The van der Waals surface area contributed by atoms with Gasteiger partial charge < -0.3 is 14.6 Å². The summed E-state index contributed by atoms with van der Waals surface area (Å²) in [6.07, 6.45) is 0.0467. The van der Waals surface area contributed by atoms with Gasteiger partial charge in [0.05, 0.1) is 40.6 Å².